The van der Waals surface area contributed by atoms with Crippen molar-refractivity contribution >= 4 is 22.4 Å². The SMILES string of the molecule is CN(C[C@@H]1C[C@H](F)CN1c1ccncn1)c1ccnc2ccncc12. The van der Waals surface area contributed by atoms with Crippen LogP contribution in [0.3, 0.4) is 0 Å². The maximum atomic E-state index is 14.1. The second-order valence-corrected chi connectivity index (χ2v) is 6.31. The van der Waals surface area contributed by atoms with E-state index in [0.29, 0.717) is 19.5 Å². The van der Waals surface area contributed by atoms with E-state index < -0.39 is 6.17 Å². The Bertz CT molecular complexity index is 853. The number of hydrogen-bond donors (Lipinski definition) is 0. The number of nitrogens with zero attached hydrogens (tertiary/aromatic N) is 6. The van der Waals surface area contributed by atoms with Gasteiger partial charge in [-0.05, 0) is 18.2 Å². The molecule has 0 aromatic carbocycles. The summed E-state index contributed by atoms with van der Waals surface area (Å²) < 4.78 is 14.1. The van der Waals surface area contributed by atoms with Crippen LogP contribution in [-0.2, 0) is 0 Å². The van der Waals surface area contributed by atoms with E-state index in [9.17, 15) is 4.39 Å². The van der Waals surface area contributed by atoms with Crippen LogP contribution >= 0.6 is 0 Å². The van der Waals surface area contributed by atoms with Crippen molar-refractivity contribution in [1.82, 2.24) is 19.9 Å². The van der Waals surface area contributed by atoms with Gasteiger partial charge in [-0.25, -0.2) is 14.4 Å². The third-order valence-electron chi connectivity index (χ3n) is 4.64. The Morgan fingerprint density at radius 3 is 2.88 bits per heavy atom. The third kappa shape index (κ3) is 3.09. The topological polar surface area (TPSA) is 58.0 Å². The van der Waals surface area contributed by atoms with Crippen LogP contribution in [0.15, 0.2) is 49.3 Å². The molecule has 0 amide bonds. The summed E-state index contributed by atoms with van der Waals surface area (Å²) in [5.41, 5.74) is 1.95. The molecule has 0 spiro atoms. The number of rotatable bonds is 4. The van der Waals surface area contributed by atoms with Gasteiger partial charge >= 0.3 is 0 Å². The average Bonchev–Trinajstić information content (AvgIpc) is 3.02. The summed E-state index contributed by atoms with van der Waals surface area (Å²) in [6.07, 6.45) is 8.20. The lowest BCUT2D eigenvalue weighted by molar-refractivity contribution is 0.356. The Balaban J connectivity index is 1.59. The summed E-state index contributed by atoms with van der Waals surface area (Å²) in [7, 11) is 2.02. The van der Waals surface area contributed by atoms with Gasteiger partial charge in [-0.1, -0.05) is 0 Å². The number of hydrogen-bond acceptors (Lipinski definition) is 6. The van der Waals surface area contributed by atoms with Crippen LogP contribution in [0.4, 0.5) is 15.9 Å². The molecule has 1 aliphatic rings. The average molecular weight is 338 g/mol. The normalized spacial score (nSPS) is 20.2. The lowest BCUT2D eigenvalue weighted by Gasteiger charge is -2.30. The molecule has 4 rings (SSSR count). The Kier molecular flexibility index (Phi) is 4.13. The minimum atomic E-state index is -0.843. The molecule has 7 heteroatoms. The molecule has 0 bridgehead atoms. The maximum Gasteiger partial charge on any atom is 0.132 e. The highest BCUT2D eigenvalue weighted by Crippen LogP contribution is 2.29. The van der Waals surface area contributed by atoms with E-state index in [-0.39, 0.29) is 6.04 Å². The van der Waals surface area contributed by atoms with E-state index in [0.717, 1.165) is 22.4 Å². The molecular formula is C18H19FN6. The number of fused-ring (bicyclic) bond motifs is 1. The monoisotopic (exact) mass is 338 g/mol. The minimum Gasteiger partial charge on any atom is -0.372 e. The van der Waals surface area contributed by atoms with Crippen molar-refractivity contribution in [2.75, 3.05) is 29.9 Å². The second-order valence-electron chi connectivity index (χ2n) is 6.31. The molecule has 1 aliphatic heterocycles. The van der Waals surface area contributed by atoms with Gasteiger partial charge in [0.05, 0.1) is 18.1 Å². The van der Waals surface area contributed by atoms with Crippen molar-refractivity contribution in [3.05, 3.63) is 49.3 Å². The predicted octanol–water partition coefficient (Wildman–Crippen LogP) is 2.47. The number of likely N-dealkylation sites (N-methyl/N-ethyl adjacent to an activating group) is 1. The van der Waals surface area contributed by atoms with Crippen molar-refractivity contribution in [3.63, 3.8) is 0 Å². The van der Waals surface area contributed by atoms with Gasteiger partial charge in [0.1, 0.15) is 18.3 Å². The fraction of sp³-hybridized carbons (Fsp3) is 0.333. The summed E-state index contributed by atoms with van der Waals surface area (Å²) in [5, 5.41) is 0.996. The molecule has 0 saturated carbocycles. The van der Waals surface area contributed by atoms with E-state index in [2.05, 4.69) is 24.8 Å². The molecule has 1 fully saturated rings. The molecule has 0 N–H and O–H groups in total. The summed E-state index contributed by atoms with van der Waals surface area (Å²) in [6, 6.07) is 5.75. The van der Waals surface area contributed by atoms with E-state index >= 15 is 0 Å². The Hall–Kier alpha value is -2.83. The first-order chi connectivity index (χ1) is 12.2. The van der Waals surface area contributed by atoms with E-state index in [4.69, 9.17) is 0 Å². The number of anilines is 2. The molecule has 128 valence electrons. The van der Waals surface area contributed by atoms with Crippen molar-refractivity contribution in [3.8, 4) is 0 Å². The first-order valence-electron chi connectivity index (χ1n) is 8.29. The smallest absolute Gasteiger partial charge is 0.132 e. The van der Waals surface area contributed by atoms with Crippen LogP contribution in [0, 0.1) is 0 Å². The second kappa shape index (κ2) is 6.58. The first kappa shape index (κ1) is 15.7. The Morgan fingerprint density at radius 2 is 2.04 bits per heavy atom. The van der Waals surface area contributed by atoms with Gasteiger partial charge in [-0.15, -0.1) is 0 Å². The molecule has 1 saturated heterocycles. The van der Waals surface area contributed by atoms with Gasteiger partial charge in [0, 0.05) is 55.9 Å². The highest BCUT2D eigenvalue weighted by molar-refractivity contribution is 5.90. The summed E-state index contributed by atoms with van der Waals surface area (Å²) >= 11 is 0. The van der Waals surface area contributed by atoms with Crippen LogP contribution in [0.1, 0.15) is 6.42 Å². The van der Waals surface area contributed by atoms with Crippen molar-refractivity contribution in [2.45, 2.75) is 18.6 Å². The zero-order chi connectivity index (χ0) is 17.2. The fourth-order valence-electron chi connectivity index (χ4n) is 3.49. The standard InChI is InChI=1S/C18H19FN6/c1-24(17-3-7-22-16-2-5-20-9-15(16)17)11-14-8-13(19)10-25(14)18-4-6-21-12-23-18/h2-7,9,12-14H,8,10-11H2,1H3/t13-,14-/m0/s1. The lowest BCUT2D eigenvalue weighted by Crippen LogP contribution is -2.39. The quantitative estimate of drug-likeness (QED) is 0.728. The van der Waals surface area contributed by atoms with Gasteiger partial charge in [-0.3, -0.25) is 9.97 Å². The Labute approximate surface area is 145 Å². The van der Waals surface area contributed by atoms with Crippen molar-refractivity contribution in [2.24, 2.45) is 0 Å². The molecule has 0 unspecified atom stereocenters. The van der Waals surface area contributed by atoms with E-state index in [1.165, 1.54) is 6.33 Å². The van der Waals surface area contributed by atoms with Gasteiger partial charge < -0.3 is 9.80 Å². The summed E-state index contributed by atoms with van der Waals surface area (Å²) in [5.74, 6) is 0.773. The highest BCUT2D eigenvalue weighted by Gasteiger charge is 2.33. The Morgan fingerprint density at radius 1 is 1.16 bits per heavy atom. The molecule has 3 aromatic heterocycles. The molecule has 2 atom stereocenters. The van der Waals surface area contributed by atoms with Gasteiger partial charge in [0.15, 0.2) is 0 Å². The molecule has 25 heavy (non-hydrogen) atoms. The highest BCUT2D eigenvalue weighted by atomic mass is 19.1. The number of alkyl halides is 1. The summed E-state index contributed by atoms with van der Waals surface area (Å²) in [4.78, 5) is 21.0. The third-order valence-corrected chi connectivity index (χ3v) is 4.64. The van der Waals surface area contributed by atoms with Crippen LogP contribution in [0.5, 0.6) is 0 Å². The van der Waals surface area contributed by atoms with Crippen molar-refractivity contribution in [1.29, 1.82) is 0 Å². The number of halogens is 1. The fourth-order valence-corrected chi connectivity index (χ4v) is 3.49. The number of aromatic nitrogens is 4. The van der Waals surface area contributed by atoms with Crippen LogP contribution in [0.25, 0.3) is 10.9 Å². The number of pyridine rings is 2. The molecule has 0 aliphatic carbocycles. The largest absolute Gasteiger partial charge is 0.372 e. The van der Waals surface area contributed by atoms with E-state index in [1.54, 1.807) is 18.6 Å². The van der Waals surface area contributed by atoms with Gasteiger partial charge in [0.2, 0.25) is 0 Å². The van der Waals surface area contributed by atoms with Crippen LogP contribution < -0.4 is 9.80 Å². The van der Waals surface area contributed by atoms with Gasteiger partial charge in [-0.2, -0.15) is 0 Å². The van der Waals surface area contributed by atoms with Gasteiger partial charge in [0.25, 0.3) is 0 Å². The first-order valence-corrected chi connectivity index (χ1v) is 8.29. The predicted molar refractivity (Wildman–Crippen MR) is 95.5 cm³/mol. The zero-order valence-electron chi connectivity index (χ0n) is 14.0. The molecule has 6 nitrogen and oxygen atoms in total. The van der Waals surface area contributed by atoms with Crippen LogP contribution in [-0.4, -0.2) is 52.3 Å². The lowest BCUT2D eigenvalue weighted by atomic mass is 10.1. The molecular weight excluding hydrogens is 319 g/mol. The van der Waals surface area contributed by atoms with Crippen LogP contribution in [0.2, 0.25) is 0 Å². The maximum absolute atomic E-state index is 14.1. The molecule has 3 aromatic rings. The zero-order valence-corrected chi connectivity index (χ0v) is 14.0. The van der Waals surface area contributed by atoms with Crippen molar-refractivity contribution < 1.29 is 4.39 Å². The minimum absolute atomic E-state index is 0.0507. The van der Waals surface area contributed by atoms with E-state index in [1.807, 2.05) is 36.3 Å². The summed E-state index contributed by atoms with van der Waals surface area (Å²) in [6.45, 7) is 1.06. The molecule has 0 radical (unpaired) electrons. The molecule has 4 heterocycles.